The smallest absolute Gasteiger partial charge is 0.253 e. The molecular formula is C13H15N5O2. The first kappa shape index (κ1) is 12.7. The van der Waals surface area contributed by atoms with Crippen LogP contribution in [0.25, 0.3) is 0 Å². The van der Waals surface area contributed by atoms with E-state index in [0.29, 0.717) is 5.69 Å². The third kappa shape index (κ3) is 2.04. The molecule has 0 spiro atoms. The van der Waals surface area contributed by atoms with Crippen LogP contribution >= 0.6 is 0 Å². The Morgan fingerprint density at radius 2 is 1.85 bits per heavy atom. The predicted molar refractivity (Wildman–Crippen MR) is 70.1 cm³/mol. The van der Waals surface area contributed by atoms with E-state index >= 15 is 0 Å². The second-order valence-corrected chi connectivity index (χ2v) is 5.06. The molecule has 1 saturated heterocycles. The Morgan fingerprint density at radius 3 is 2.40 bits per heavy atom. The molecule has 1 aromatic heterocycles. The summed E-state index contributed by atoms with van der Waals surface area (Å²) in [5, 5.41) is 4.88. The average Bonchev–Trinajstić information content (AvgIpc) is 2.74. The number of fused-ring (bicyclic) bond motifs is 1. The minimum absolute atomic E-state index is 0.0263. The largest absolute Gasteiger partial charge is 0.380 e. The first-order chi connectivity index (χ1) is 9.68. The van der Waals surface area contributed by atoms with Gasteiger partial charge in [0.15, 0.2) is 5.84 Å². The Balaban J connectivity index is 1.87. The van der Waals surface area contributed by atoms with E-state index in [1.807, 2.05) is 0 Å². The van der Waals surface area contributed by atoms with Crippen molar-refractivity contribution in [3.05, 3.63) is 24.3 Å². The molecule has 0 aromatic carbocycles. The molecule has 0 bridgehead atoms. The Kier molecular flexibility index (Phi) is 3.17. The Labute approximate surface area is 115 Å². The maximum absolute atomic E-state index is 12.2. The molecule has 1 aromatic rings. The van der Waals surface area contributed by atoms with Crippen molar-refractivity contribution in [1.82, 2.24) is 15.0 Å². The number of nitrogens with two attached hydrogens (primary N) is 1. The van der Waals surface area contributed by atoms with E-state index in [-0.39, 0.29) is 29.5 Å². The van der Waals surface area contributed by atoms with Gasteiger partial charge in [0.25, 0.3) is 11.8 Å². The van der Waals surface area contributed by atoms with Crippen molar-refractivity contribution in [2.24, 2.45) is 22.7 Å². The number of carbonyl (C=O) groups excluding carboxylic acids is 2. The molecule has 1 aliphatic carbocycles. The summed E-state index contributed by atoms with van der Waals surface area (Å²) in [6.07, 6.45) is 7.91. The number of hydrogen-bond acceptors (Lipinski definition) is 5. The molecule has 2 heterocycles. The highest BCUT2D eigenvalue weighted by Crippen LogP contribution is 2.38. The van der Waals surface area contributed by atoms with Gasteiger partial charge in [0, 0.05) is 12.4 Å². The van der Waals surface area contributed by atoms with Gasteiger partial charge < -0.3 is 5.73 Å². The van der Waals surface area contributed by atoms with Crippen molar-refractivity contribution in [3.63, 3.8) is 0 Å². The number of rotatable bonds is 2. The van der Waals surface area contributed by atoms with Crippen LogP contribution in [0.15, 0.2) is 23.7 Å². The van der Waals surface area contributed by atoms with Crippen molar-refractivity contribution >= 4 is 17.6 Å². The van der Waals surface area contributed by atoms with Crippen LogP contribution in [0.5, 0.6) is 0 Å². The monoisotopic (exact) mass is 273 g/mol. The normalized spacial score (nSPS) is 26.8. The summed E-state index contributed by atoms with van der Waals surface area (Å²) in [6, 6.07) is 0. The number of amides is 2. The zero-order chi connectivity index (χ0) is 14.1. The third-order valence-electron chi connectivity index (χ3n) is 3.85. The Hall–Kier alpha value is -2.31. The molecule has 1 saturated carbocycles. The molecule has 2 unspecified atom stereocenters. The van der Waals surface area contributed by atoms with Crippen LogP contribution in [0.3, 0.4) is 0 Å². The Bertz CT molecular complexity index is 547. The van der Waals surface area contributed by atoms with Gasteiger partial charge >= 0.3 is 0 Å². The van der Waals surface area contributed by atoms with Gasteiger partial charge in [0.05, 0.1) is 18.0 Å². The van der Waals surface area contributed by atoms with Crippen molar-refractivity contribution in [2.45, 2.75) is 25.7 Å². The zero-order valence-electron chi connectivity index (χ0n) is 10.9. The van der Waals surface area contributed by atoms with Crippen molar-refractivity contribution in [3.8, 4) is 0 Å². The molecule has 2 atom stereocenters. The summed E-state index contributed by atoms with van der Waals surface area (Å²) < 4.78 is 0. The number of amidine groups is 1. The number of hydrogen-bond donors (Lipinski definition) is 1. The van der Waals surface area contributed by atoms with E-state index in [1.54, 1.807) is 0 Å². The van der Waals surface area contributed by atoms with Gasteiger partial charge in [0.1, 0.15) is 5.69 Å². The summed E-state index contributed by atoms with van der Waals surface area (Å²) in [6.45, 7) is 0. The molecule has 2 fully saturated rings. The quantitative estimate of drug-likeness (QED) is 0.473. The maximum Gasteiger partial charge on any atom is 0.253 e. The van der Waals surface area contributed by atoms with Crippen molar-refractivity contribution < 1.29 is 9.59 Å². The lowest BCUT2D eigenvalue weighted by atomic mass is 9.81. The molecule has 7 heteroatoms. The van der Waals surface area contributed by atoms with Gasteiger partial charge in [-0.1, -0.05) is 12.8 Å². The summed E-state index contributed by atoms with van der Waals surface area (Å²) in [5.41, 5.74) is 6.14. The fraction of sp³-hybridized carbons (Fsp3) is 0.462. The Morgan fingerprint density at radius 1 is 1.20 bits per heavy atom. The highest BCUT2D eigenvalue weighted by atomic mass is 16.2. The fourth-order valence-corrected chi connectivity index (χ4v) is 2.83. The first-order valence-corrected chi connectivity index (χ1v) is 6.67. The number of aromatic nitrogens is 2. The van der Waals surface area contributed by atoms with E-state index < -0.39 is 0 Å². The minimum atomic E-state index is -0.244. The molecule has 2 amide bonds. The number of nitrogens with zero attached hydrogens (tertiary/aromatic N) is 4. The lowest BCUT2D eigenvalue weighted by Crippen LogP contribution is -2.30. The number of carbonyl (C=O) groups is 2. The van der Waals surface area contributed by atoms with Gasteiger partial charge in [-0.15, -0.1) is 5.10 Å². The standard InChI is InChI=1S/C13H15N5O2/c14-11(10-7-15-5-6-16-10)17-18-12(19)8-3-1-2-4-9(8)13(18)20/h5-9H,1-4H2,(H2,14,17). The van der Waals surface area contributed by atoms with Crippen LogP contribution in [-0.4, -0.2) is 32.6 Å². The van der Waals surface area contributed by atoms with Gasteiger partial charge in [-0.3, -0.25) is 14.6 Å². The van der Waals surface area contributed by atoms with Crippen molar-refractivity contribution in [1.29, 1.82) is 0 Å². The minimum Gasteiger partial charge on any atom is -0.380 e. The van der Waals surface area contributed by atoms with E-state index in [0.717, 1.165) is 30.7 Å². The van der Waals surface area contributed by atoms with Gasteiger partial charge in [0.2, 0.25) is 0 Å². The SMILES string of the molecule is N/C(=N\N1C(=O)C2CCCCC2C1=O)c1cnccn1. The van der Waals surface area contributed by atoms with Crippen LogP contribution in [-0.2, 0) is 9.59 Å². The summed E-state index contributed by atoms with van der Waals surface area (Å²) in [7, 11) is 0. The van der Waals surface area contributed by atoms with Gasteiger partial charge in [-0.25, -0.2) is 4.98 Å². The topological polar surface area (TPSA) is 102 Å². The molecular weight excluding hydrogens is 258 g/mol. The van der Waals surface area contributed by atoms with E-state index in [2.05, 4.69) is 15.1 Å². The summed E-state index contributed by atoms with van der Waals surface area (Å²) >= 11 is 0. The molecule has 0 radical (unpaired) electrons. The van der Waals surface area contributed by atoms with Gasteiger partial charge in [-0.2, -0.15) is 5.01 Å². The third-order valence-corrected chi connectivity index (χ3v) is 3.85. The molecule has 7 nitrogen and oxygen atoms in total. The number of imide groups is 1. The molecule has 3 rings (SSSR count). The second kappa shape index (κ2) is 4.99. The molecule has 104 valence electrons. The fourth-order valence-electron chi connectivity index (χ4n) is 2.83. The van der Waals surface area contributed by atoms with Crippen LogP contribution in [0.2, 0.25) is 0 Å². The number of hydrazone groups is 1. The highest BCUT2D eigenvalue weighted by molar-refractivity contribution is 6.07. The van der Waals surface area contributed by atoms with Gasteiger partial charge in [-0.05, 0) is 12.8 Å². The molecule has 2 N–H and O–H groups in total. The molecule has 1 aliphatic heterocycles. The van der Waals surface area contributed by atoms with E-state index in [9.17, 15) is 9.59 Å². The lowest BCUT2D eigenvalue weighted by molar-refractivity contribution is -0.139. The average molecular weight is 273 g/mol. The van der Waals surface area contributed by atoms with Crippen LogP contribution in [0, 0.1) is 11.8 Å². The zero-order valence-corrected chi connectivity index (χ0v) is 10.9. The second-order valence-electron chi connectivity index (χ2n) is 5.06. The van der Waals surface area contributed by atoms with Crippen LogP contribution in [0.4, 0.5) is 0 Å². The van der Waals surface area contributed by atoms with Crippen molar-refractivity contribution in [2.75, 3.05) is 0 Å². The molecule has 2 aliphatic rings. The van der Waals surface area contributed by atoms with Crippen LogP contribution < -0.4 is 5.73 Å². The maximum atomic E-state index is 12.2. The predicted octanol–water partition coefficient (Wildman–Crippen LogP) is 0.272. The highest BCUT2D eigenvalue weighted by Gasteiger charge is 2.48. The van der Waals surface area contributed by atoms with E-state index in [1.165, 1.54) is 18.6 Å². The summed E-state index contributed by atoms with van der Waals surface area (Å²) in [5.74, 6) is -0.916. The summed E-state index contributed by atoms with van der Waals surface area (Å²) in [4.78, 5) is 32.3. The van der Waals surface area contributed by atoms with E-state index in [4.69, 9.17) is 5.73 Å². The lowest BCUT2D eigenvalue weighted by Gasteiger charge is -2.19. The molecule has 20 heavy (non-hydrogen) atoms. The first-order valence-electron chi connectivity index (χ1n) is 6.67. The van der Waals surface area contributed by atoms with Crippen LogP contribution in [0.1, 0.15) is 31.4 Å².